The average molecular weight is 253 g/mol. The summed E-state index contributed by atoms with van der Waals surface area (Å²) in [7, 11) is 0. The fourth-order valence-electron chi connectivity index (χ4n) is 2.63. The van der Waals surface area contributed by atoms with Crippen LogP contribution in [0.3, 0.4) is 0 Å². The van der Waals surface area contributed by atoms with Crippen LogP contribution in [0.1, 0.15) is 28.2 Å². The smallest absolute Gasteiger partial charge is 0.122 e. The Kier molecular flexibility index (Phi) is 3.26. The normalized spacial score (nSPS) is 16.6. The van der Waals surface area contributed by atoms with Gasteiger partial charge in [-0.25, -0.2) is 0 Å². The Bertz CT molecular complexity index is 592. The van der Waals surface area contributed by atoms with E-state index in [1.54, 1.807) is 0 Å². The van der Waals surface area contributed by atoms with E-state index in [0.717, 1.165) is 24.3 Å². The second-order valence-electron chi connectivity index (χ2n) is 5.21. The van der Waals surface area contributed by atoms with Crippen molar-refractivity contribution in [3.05, 3.63) is 64.7 Å². The van der Waals surface area contributed by atoms with Crippen molar-refractivity contribution in [3.8, 4) is 5.75 Å². The first-order chi connectivity index (χ1) is 9.28. The van der Waals surface area contributed by atoms with Gasteiger partial charge in [0.25, 0.3) is 0 Å². The minimum atomic E-state index is 0.539. The van der Waals surface area contributed by atoms with Crippen LogP contribution >= 0.6 is 0 Å². The highest BCUT2D eigenvalue weighted by molar-refractivity contribution is 5.41. The molecule has 0 saturated heterocycles. The van der Waals surface area contributed by atoms with E-state index < -0.39 is 0 Å². The summed E-state index contributed by atoms with van der Waals surface area (Å²) in [6.07, 6.45) is 1.13. The standard InChI is InChI=1S/C17H19NO/c1-12-6-7-13(10-18)8-17(12)19-11-15-9-14-4-2-3-5-16(14)15/h2-8,15H,9-11,18H2,1H3. The van der Waals surface area contributed by atoms with Crippen LogP contribution in [-0.2, 0) is 13.0 Å². The third kappa shape index (κ3) is 2.36. The third-order valence-corrected chi connectivity index (χ3v) is 3.89. The van der Waals surface area contributed by atoms with Crippen LogP contribution in [0.25, 0.3) is 0 Å². The lowest BCUT2D eigenvalue weighted by atomic mass is 9.78. The SMILES string of the molecule is Cc1ccc(CN)cc1OCC1Cc2ccccc21. The second-order valence-corrected chi connectivity index (χ2v) is 5.21. The molecule has 1 aliphatic rings. The molecule has 1 atom stereocenters. The number of nitrogens with two attached hydrogens (primary N) is 1. The number of hydrogen-bond acceptors (Lipinski definition) is 2. The summed E-state index contributed by atoms with van der Waals surface area (Å²) < 4.78 is 5.98. The molecule has 0 spiro atoms. The molecule has 2 nitrogen and oxygen atoms in total. The van der Waals surface area contributed by atoms with Crippen molar-refractivity contribution in [2.45, 2.75) is 25.8 Å². The highest BCUT2D eigenvalue weighted by Crippen LogP contribution is 2.35. The minimum Gasteiger partial charge on any atom is -0.493 e. The maximum atomic E-state index is 5.98. The van der Waals surface area contributed by atoms with E-state index >= 15 is 0 Å². The minimum absolute atomic E-state index is 0.539. The van der Waals surface area contributed by atoms with Gasteiger partial charge in [-0.3, -0.25) is 0 Å². The maximum Gasteiger partial charge on any atom is 0.122 e. The lowest BCUT2D eigenvalue weighted by Gasteiger charge is -2.30. The van der Waals surface area contributed by atoms with E-state index in [1.165, 1.54) is 16.7 Å². The van der Waals surface area contributed by atoms with Gasteiger partial charge in [-0.05, 0) is 41.7 Å². The number of rotatable bonds is 4. The Balaban J connectivity index is 1.68. The van der Waals surface area contributed by atoms with Crippen LogP contribution < -0.4 is 10.5 Å². The maximum absolute atomic E-state index is 5.98. The quantitative estimate of drug-likeness (QED) is 0.908. The van der Waals surface area contributed by atoms with Crippen molar-refractivity contribution in [1.82, 2.24) is 0 Å². The number of aryl methyl sites for hydroxylation is 1. The van der Waals surface area contributed by atoms with E-state index in [9.17, 15) is 0 Å². The van der Waals surface area contributed by atoms with Gasteiger partial charge in [-0.15, -0.1) is 0 Å². The Morgan fingerprint density at radius 2 is 2.05 bits per heavy atom. The largest absolute Gasteiger partial charge is 0.493 e. The van der Waals surface area contributed by atoms with Crippen molar-refractivity contribution in [2.24, 2.45) is 5.73 Å². The molecule has 0 heterocycles. The van der Waals surface area contributed by atoms with Crippen molar-refractivity contribution in [1.29, 1.82) is 0 Å². The summed E-state index contributed by atoms with van der Waals surface area (Å²) in [6, 6.07) is 14.8. The van der Waals surface area contributed by atoms with Crippen LogP contribution in [-0.4, -0.2) is 6.61 Å². The fourth-order valence-corrected chi connectivity index (χ4v) is 2.63. The van der Waals surface area contributed by atoms with E-state index in [4.69, 9.17) is 10.5 Å². The highest BCUT2D eigenvalue weighted by atomic mass is 16.5. The molecule has 2 heteroatoms. The van der Waals surface area contributed by atoms with E-state index in [1.807, 2.05) is 0 Å². The third-order valence-electron chi connectivity index (χ3n) is 3.89. The van der Waals surface area contributed by atoms with Crippen LogP contribution in [0.15, 0.2) is 42.5 Å². The van der Waals surface area contributed by atoms with Gasteiger partial charge in [-0.2, -0.15) is 0 Å². The van der Waals surface area contributed by atoms with Gasteiger partial charge in [0.1, 0.15) is 5.75 Å². The molecule has 1 aliphatic carbocycles. The lowest BCUT2D eigenvalue weighted by molar-refractivity contribution is 0.273. The number of ether oxygens (including phenoxy) is 1. The number of benzene rings is 2. The Labute approximate surface area is 114 Å². The molecule has 19 heavy (non-hydrogen) atoms. The molecule has 0 bridgehead atoms. The van der Waals surface area contributed by atoms with Crippen molar-refractivity contribution in [2.75, 3.05) is 6.61 Å². The first-order valence-corrected chi connectivity index (χ1v) is 6.78. The zero-order valence-electron chi connectivity index (χ0n) is 11.2. The topological polar surface area (TPSA) is 35.2 Å². The highest BCUT2D eigenvalue weighted by Gasteiger charge is 2.25. The van der Waals surface area contributed by atoms with Crippen molar-refractivity contribution < 1.29 is 4.74 Å². The predicted octanol–water partition coefficient (Wildman–Crippen LogP) is 3.17. The summed E-state index contributed by atoms with van der Waals surface area (Å²) in [5.41, 5.74) is 10.9. The van der Waals surface area contributed by atoms with Gasteiger partial charge >= 0.3 is 0 Å². The van der Waals surface area contributed by atoms with Crippen LogP contribution in [0.5, 0.6) is 5.75 Å². The molecule has 0 fully saturated rings. The predicted molar refractivity (Wildman–Crippen MR) is 77.5 cm³/mol. The van der Waals surface area contributed by atoms with Gasteiger partial charge in [0.2, 0.25) is 0 Å². The molecule has 0 amide bonds. The van der Waals surface area contributed by atoms with Crippen molar-refractivity contribution >= 4 is 0 Å². The molecule has 0 saturated carbocycles. The Hall–Kier alpha value is -1.80. The molecular formula is C17H19NO. The molecule has 2 N–H and O–H groups in total. The van der Waals surface area contributed by atoms with Gasteiger partial charge in [0, 0.05) is 12.5 Å². The fraction of sp³-hybridized carbons (Fsp3) is 0.294. The summed E-state index contributed by atoms with van der Waals surface area (Å²) in [6.45, 7) is 3.39. The molecule has 0 aliphatic heterocycles. The molecule has 2 aromatic carbocycles. The Morgan fingerprint density at radius 3 is 2.84 bits per heavy atom. The van der Waals surface area contributed by atoms with Crippen LogP contribution in [0.2, 0.25) is 0 Å². The lowest BCUT2D eigenvalue weighted by Crippen LogP contribution is -2.23. The molecule has 0 radical (unpaired) electrons. The monoisotopic (exact) mass is 253 g/mol. The summed E-state index contributed by atoms with van der Waals surface area (Å²) in [5.74, 6) is 1.50. The van der Waals surface area contributed by atoms with Gasteiger partial charge in [0.15, 0.2) is 0 Å². The van der Waals surface area contributed by atoms with Gasteiger partial charge in [-0.1, -0.05) is 36.4 Å². The molecule has 98 valence electrons. The summed E-state index contributed by atoms with van der Waals surface area (Å²) >= 11 is 0. The second kappa shape index (κ2) is 5.06. The van der Waals surface area contributed by atoms with Gasteiger partial charge in [0.05, 0.1) is 6.61 Å². The van der Waals surface area contributed by atoms with E-state index in [0.29, 0.717) is 12.5 Å². The average Bonchev–Trinajstić information content (AvgIpc) is 2.42. The first kappa shape index (κ1) is 12.2. The molecule has 3 rings (SSSR count). The summed E-state index contributed by atoms with van der Waals surface area (Å²) in [4.78, 5) is 0. The molecular weight excluding hydrogens is 234 g/mol. The van der Waals surface area contributed by atoms with Gasteiger partial charge < -0.3 is 10.5 Å². The summed E-state index contributed by atoms with van der Waals surface area (Å²) in [5, 5.41) is 0. The zero-order chi connectivity index (χ0) is 13.2. The molecule has 2 aromatic rings. The van der Waals surface area contributed by atoms with Crippen LogP contribution in [0.4, 0.5) is 0 Å². The van der Waals surface area contributed by atoms with E-state index in [2.05, 4.69) is 49.4 Å². The Morgan fingerprint density at radius 1 is 1.21 bits per heavy atom. The van der Waals surface area contributed by atoms with Crippen molar-refractivity contribution in [3.63, 3.8) is 0 Å². The first-order valence-electron chi connectivity index (χ1n) is 6.78. The molecule has 1 unspecified atom stereocenters. The van der Waals surface area contributed by atoms with Crippen LogP contribution in [0, 0.1) is 6.92 Å². The van der Waals surface area contributed by atoms with E-state index in [-0.39, 0.29) is 0 Å². The zero-order valence-corrected chi connectivity index (χ0v) is 11.2. The number of hydrogen-bond donors (Lipinski definition) is 1. The number of fused-ring (bicyclic) bond motifs is 1. The molecule has 0 aromatic heterocycles.